The van der Waals surface area contributed by atoms with Crippen LogP contribution < -0.4 is 0 Å². The lowest BCUT2D eigenvalue weighted by molar-refractivity contribution is 0.796. The molecule has 2 aliphatic rings. The Morgan fingerprint density at radius 2 is 0.694 bits per heavy atom. The second kappa shape index (κ2) is 13.6. The molecule has 11 aromatic rings. The summed E-state index contributed by atoms with van der Waals surface area (Å²) in [6, 6.07) is 76.7. The van der Waals surface area contributed by atoms with E-state index in [2.05, 4.69) is 194 Å². The predicted molar refractivity (Wildman–Crippen MR) is 256 cm³/mol. The number of benzene rings is 9. The highest BCUT2D eigenvalue weighted by atomic mass is 32.1. The van der Waals surface area contributed by atoms with E-state index in [4.69, 9.17) is 15.0 Å². The molecule has 9 aromatic carbocycles. The number of aromatic nitrogens is 3. The van der Waals surface area contributed by atoms with Gasteiger partial charge in [0, 0.05) is 36.9 Å². The molecule has 0 saturated carbocycles. The molecule has 0 bridgehead atoms. The Hall–Kier alpha value is -7.79. The molecular weight excluding hydrogens is 771 g/mol. The molecule has 0 amide bonds. The van der Waals surface area contributed by atoms with E-state index in [0.29, 0.717) is 17.5 Å². The number of fused-ring (bicyclic) bond motifs is 13. The first kappa shape index (κ1) is 35.0. The van der Waals surface area contributed by atoms with Gasteiger partial charge in [-0.3, -0.25) is 0 Å². The lowest BCUT2D eigenvalue weighted by Crippen LogP contribution is -2.26. The summed E-state index contributed by atoms with van der Waals surface area (Å²) in [4.78, 5) is 15.3. The van der Waals surface area contributed by atoms with Gasteiger partial charge in [-0.25, -0.2) is 15.0 Å². The molecular formula is C58H35N3S. The molecule has 3 nitrogen and oxygen atoms in total. The predicted octanol–water partition coefficient (Wildman–Crippen LogP) is 14.9. The van der Waals surface area contributed by atoms with E-state index in [1.54, 1.807) is 0 Å². The normalized spacial score (nSPS) is 13.0. The van der Waals surface area contributed by atoms with E-state index in [-0.39, 0.29) is 0 Å². The Bertz CT molecular complexity index is 3500. The van der Waals surface area contributed by atoms with Crippen LogP contribution in [-0.4, -0.2) is 15.0 Å². The minimum atomic E-state index is -0.429. The molecule has 2 aromatic heterocycles. The molecule has 4 heteroatoms. The first-order valence-corrected chi connectivity index (χ1v) is 21.9. The number of hydrogen-bond donors (Lipinski definition) is 0. The Morgan fingerprint density at radius 3 is 1.31 bits per heavy atom. The van der Waals surface area contributed by atoms with Crippen molar-refractivity contribution in [3.05, 3.63) is 235 Å². The van der Waals surface area contributed by atoms with Gasteiger partial charge in [0.05, 0.1) is 5.41 Å². The third-order valence-corrected chi connectivity index (χ3v) is 14.2. The van der Waals surface area contributed by atoms with Crippen LogP contribution in [0.3, 0.4) is 0 Å². The second-order valence-electron chi connectivity index (χ2n) is 16.2. The molecule has 2 heterocycles. The fraction of sp³-hybridized carbons (Fsp3) is 0.0172. The van der Waals surface area contributed by atoms with Crippen LogP contribution in [0, 0.1) is 0 Å². The van der Waals surface area contributed by atoms with Gasteiger partial charge in [-0.2, -0.15) is 0 Å². The van der Waals surface area contributed by atoms with Crippen molar-refractivity contribution in [2.24, 2.45) is 0 Å². The monoisotopic (exact) mass is 805 g/mol. The van der Waals surface area contributed by atoms with Gasteiger partial charge in [0.2, 0.25) is 0 Å². The number of rotatable bonds is 5. The molecule has 0 atom stereocenters. The third-order valence-electron chi connectivity index (χ3n) is 13.0. The van der Waals surface area contributed by atoms with E-state index < -0.39 is 5.41 Å². The van der Waals surface area contributed by atoms with Crippen molar-refractivity contribution in [3.8, 4) is 78.7 Å². The third kappa shape index (κ3) is 5.08. The fourth-order valence-electron chi connectivity index (χ4n) is 10.3. The van der Waals surface area contributed by atoms with Crippen molar-refractivity contribution < 1.29 is 0 Å². The van der Waals surface area contributed by atoms with Crippen LogP contribution in [0.15, 0.2) is 212 Å². The molecule has 0 saturated heterocycles. The van der Waals surface area contributed by atoms with Crippen LogP contribution in [0.25, 0.3) is 98.8 Å². The van der Waals surface area contributed by atoms with Gasteiger partial charge in [0.1, 0.15) is 0 Å². The molecule has 2 aliphatic carbocycles. The molecule has 0 fully saturated rings. The van der Waals surface area contributed by atoms with Crippen LogP contribution in [0.5, 0.6) is 0 Å². The molecule has 1 spiro atoms. The summed E-state index contributed by atoms with van der Waals surface area (Å²) >= 11 is 1.85. The van der Waals surface area contributed by atoms with Gasteiger partial charge in [0.25, 0.3) is 0 Å². The van der Waals surface area contributed by atoms with Gasteiger partial charge >= 0.3 is 0 Å². The zero-order valence-corrected chi connectivity index (χ0v) is 34.3. The number of thiophene rings is 1. The average Bonchev–Trinajstić information content (AvgIpc) is 3.99. The van der Waals surface area contributed by atoms with Crippen molar-refractivity contribution >= 4 is 31.5 Å². The van der Waals surface area contributed by atoms with E-state index >= 15 is 0 Å². The van der Waals surface area contributed by atoms with Crippen LogP contribution in [0.1, 0.15) is 22.3 Å². The average molecular weight is 806 g/mol. The van der Waals surface area contributed by atoms with E-state index in [1.165, 1.54) is 81.4 Å². The Labute approximate surface area is 363 Å². The summed E-state index contributed by atoms with van der Waals surface area (Å²) in [5.74, 6) is 1.93. The maximum atomic E-state index is 5.16. The first-order valence-electron chi connectivity index (χ1n) is 21.1. The maximum absolute atomic E-state index is 5.16. The first-order chi connectivity index (χ1) is 30.7. The van der Waals surface area contributed by atoms with Crippen molar-refractivity contribution in [2.45, 2.75) is 5.41 Å². The van der Waals surface area contributed by atoms with Crippen molar-refractivity contribution in [1.82, 2.24) is 15.0 Å². The van der Waals surface area contributed by atoms with Gasteiger partial charge in [-0.05, 0) is 72.8 Å². The van der Waals surface area contributed by atoms with Crippen LogP contribution in [-0.2, 0) is 5.41 Å². The highest BCUT2D eigenvalue weighted by Crippen LogP contribution is 2.64. The Balaban J connectivity index is 0.921. The largest absolute Gasteiger partial charge is 0.208 e. The summed E-state index contributed by atoms with van der Waals surface area (Å²) in [6.45, 7) is 0. The molecule has 0 unspecified atom stereocenters. The van der Waals surface area contributed by atoms with Gasteiger partial charge < -0.3 is 0 Å². The lowest BCUT2D eigenvalue weighted by Gasteiger charge is -2.32. The summed E-state index contributed by atoms with van der Waals surface area (Å²) in [5, 5.41) is 2.60. The minimum Gasteiger partial charge on any atom is -0.208 e. The number of nitrogens with zero attached hydrogens (tertiary/aromatic N) is 3. The molecule has 288 valence electrons. The zero-order valence-electron chi connectivity index (χ0n) is 33.5. The summed E-state index contributed by atoms with van der Waals surface area (Å²) in [6.07, 6.45) is 0. The second-order valence-corrected chi connectivity index (χ2v) is 17.3. The highest BCUT2D eigenvalue weighted by molar-refractivity contribution is 7.26. The smallest absolute Gasteiger partial charge is 0.164 e. The Morgan fingerprint density at radius 1 is 0.290 bits per heavy atom. The number of hydrogen-bond acceptors (Lipinski definition) is 4. The standard InChI is InChI=1S/C58H35N3S/c1-2-14-38(15-3-1)55-59-56(61-57(60-55)40-34-30-37(31-35-40)42-21-13-23-48-46-19-7-11-27-52(46)62-54(42)48)39-32-28-36(29-33-39)41-20-12-22-47-45-18-6-10-26-51(45)58(53(41)47)49-24-8-4-16-43(49)44-17-5-9-25-50(44)58/h1-35H. The molecule has 13 rings (SSSR count). The van der Waals surface area contributed by atoms with Gasteiger partial charge in [-0.1, -0.05) is 206 Å². The topological polar surface area (TPSA) is 38.7 Å². The maximum Gasteiger partial charge on any atom is 0.164 e. The van der Waals surface area contributed by atoms with Crippen LogP contribution >= 0.6 is 11.3 Å². The molecule has 0 N–H and O–H groups in total. The summed E-state index contributed by atoms with van der Waals surface area (Å²) in [5.41, 5.74) is 17.7. The molecule has 0 aliphatic heterocycles. The van der Waals surface area contributed by atoms with Crippen molar-refractivity contribution in [1.29, 1.82) is 0 Å². The van der Waals surface area contributed by atoms with E-state index in [1.807, 2.05) is 29.5 Å². The zero-order chi connectivity index (χ0) is 40.8. The van der Waals surface area contributed by atoms with Crippen LogP contribution in [0.4, 0.5) is 0 Å². The van der Waals surface area contributed by atoms with E-state index in [9.17, 15) is 0 Å². The van der Waals surface area contributed by atoms with Gasteiger partial charge in [0.15, 0.2) is 17.5 Å². The van der Waals surface area contributed by atoms with E-state index in [0.717, 1.165) is 22.3 Å². The lowest BCUT2D eigenvalue weighted by atomic mass is 9.68. The molecule has 62 heavy (non-hydrogen) atoms. The quantitative estimate of drug-likeness (QED) is 0.174. The molecule has 0 radical (unpaired) electrons. The summed E-state index contributed by atoms with van der Waals surface area (Å²) < 4.78 is 2.61. The van der Waals surface area contributed by atoms with Crippen molar-refractivity contribution in [2.75, 3.05) is 0 Å². The SMILES string of the molecule is c1ccc(-c2nc(-c3ccc(-c4cccc5c4C4(c6ccccc6-c6ccccc64)c4ccccc4-5)cc3)nc(-c3ccc(-c4cccc5c4sc4ccccc45)cc3)n2)cc1. The highest BCUT2D eigenvalue weighted by Gasteiger charge is 2.52. The fourth-order valence-corrected chi connectivity index (χ4v) is 11.6. The van der Waals surface area contributed by atoms with Crippen LogP contribution in [0.2, 0.25) is 0 Å². The van der Waals surface area contributed by atoms with Gasteiger partial charge in [-0.15, -0.1) is 11.3 Å². The minimum absolute atomic E-state index is 0.429. The summed E-state index contributed by atoms with van der Waals surface area (Å²) in [7, 11) is 0. The Kier molecular flexibility index (Phi) is 7.69. The van der Waals surface area contributed by atoms with Crippen molar-refractivity contribution in [3.63, 3.8) is 0 Å².